The van der Waals surface area contributed by atoms with Gasteiger partial charge >= 0.3 is 5.76 Å². The van der Waals surface area contributed by atoms with E-state index in [2.05, 4.69) is 25.3 Å². The third kappa shape index (κ3) is 3.83. The highest BCUT2D eigenvalue weighted by molar-refractivity contribution is 6.08. The zero-order valence-electron chi connectivity index (χ0n) is 14.7. The fraction of sp³-hybridized carbons (Fsp3) is 0. The van der Waals surface area contributed by atoms with E-state index in [1.165, 1.54) is 0 Å². The van der Waals surface area contributed by atoms with Gasteiger partial charge in [0.05, 0.1) is 11.3 Å². The van der Waals surface area contributed by atoms with Crippen LogP contribution in [0.4, 0.5) is 17.1 Å². The van der Waals surface area contributed by atoms with E-state index in [4.69, 9.17) is 0 Å². The van der Waals surface area contributed by atoms with Crippen molar-refractivity contribution in [2.24, 2.45) is 0 Å². The number of hydrogen-bond acceptors (Lipinski definition) is 5. The highest BCUT2D eigenvalue weighted by Crippen LogP contribution is 2.23. The highest BCUT2D eigenvalue weighted by atomic mass is 16.5. The molecule has 1 amide bonds. The summed E-state index contributed by atoms with van der Waals surface area (Å²) in [5.74, 6) is -0.595. The number of aromatic nitrogens is 2. The molecular formula is C21H16N4O3. The van der Waals surface area contributed by atoms with Crippen molar-refractivity contribution in [3.63, 3.8) is 0 Å². The monoisotopic (exact) mass is 372 g/mol. The summed E-state index contributed by atoms with van der Waals surface area (Å²) >= 11 is 0. The van der Waals surface area contributed by atoms with Crippen molar-refractivity contribution in [3.05, 3.63) is 95.0 Å². The summed E-state index contributed by atoms with van der Waals surface area (Å²) in [7, 11) is 0. The van der Waals surface area contributed by atoms with Gasteiger partial charge in [-0.1, -0.05) is 47.6 Å². The van der Waals surface area contributed by atoms with Gasteiger partial charge in [0.2, 0.25) is 0 Å². The minimum atomic E-state index is -0.634. The summed E-state index contributed by atoms with van der Waals surface area (Å²) in [5.41, 5.74) is 3.29. The van der Waals surface area contributed by atoms with Crippen LogP contribution in [0.15, 0.2) is 88.2 Å². The molecule has 0 spiro atoms. The van der Waals surface area contributed by atoms with Crippen molar-refractivity contribution in [1.29, 1.82) is 0 Å². The third-order valence-corrected chi connectivity index (χ3v) is 4.06. The predicted octanol–water partition coefficient (Wildman–Crippen LogP) is 4.03. The minimum Gasteiger partial charge on any atom is -0.355 e. The highest BCUT2D eigenvalue weighted by Gasteiger charge is 2.12. The molecule has 1 aromatic heterocycles. The topological polar surface area (TPSA) is 100 Å². The van der Waals surface area contributed by atoms with Crippen LogP contribution in [-0.4, -0.2) is 16.0 Å². The Morgan fingerprint density at radius 1 is 0.893 bits per heavy atom. The molecule has 0 unspecified atom stereocenters. The zero-order chi connectivity index (χ0) is 19.3. The summed E-state index contributed by atoms with van der Waals surface area (Å²) in [6, 6.07) is 23.9. The van der Waals surface area contributed by atoms with E-state index in [1.54, 1.807) is 30.3 Å². The lowest BCUT2D eigenvalue weighted by molar-refractivity contribution is 0.102. The van der Waals surface area contributed by atoms with Gasteiger partial charge in [-0.05, 0) is 36.4 Å². The maximum atomic E-state index is 12.8. The molecule has 4 rings (SSSR count). The van der Waals surface area contributed by atoms with E-state index >= 15 is 0 Å². The number of H-pyrrole nitrogens is 1. The van der Waals surface area contributed by atoms with E-state index in [-0.39, 0.29) is 5.91 Å². The number of benzene rings is 3. The van der Waals surface area contributed by atoms with Gasteiger partial charge < -0.3 is 10.6 Å². The van der Waals surface area contributed by atoms with Gasteiger partial charge in [-0.3, -0.25) is 14.3 Å². The maximum absolute atomic E-state index is 12.8. The number of aromatic amines is 1. The molecule has 3 aromatic carbocycles. The van der Waals surface area contributed by atoms with Crippen LogP contribution in [0.5, 0.6) is 0 Å². The van der Waals surface area contributed by atoms with Gasteiger partial charge in [-0.25, -0.2) is 4.79 Å². The molecule has 7 heteroatoms. The first kappa shape index (κ1) is 17.3. The van der Waals surface area contributed by atoms with Gasteiger partial charge in [-0.2, -0.15) is 0 Å². The second-order valence-corrected chi connectivity index (χ2v) is 6.02. The van der Waals surface area contributed by atoms with Crippen LogP contribution in [0, 0.1) is 0 Å². The molecule has 0 fully saturated rings. The molecule has 0 atom stereocenters. The van der Waals surface area contributed by atoms with Crippen molar-refractivity contribution in [1.82, 2.24) is 10.1 Å². The first-order valence-electron chi connectivity index (χ1n) is 8.58. The van der Waals surface area contributed by atoms with Gasteiger partial charge in [0.1, 0.15) is 0 Å². The fourth-order valence-corrected chi connectivity index (χ4v) is 2.76. The number of para-hydroxylation sites is 2. The van der Waals surface area contributed by atoms with Crippen LogP contribution >= 0.6 is 0 Å². The summed E-state index contributed by atoms with van der Waals surface area (Å²) in [5, 5.41) is 9.79. The SMILES string of the molecule is O=C(Nc1cccc(-c2noc(=O)[nH]2)c1)c1ccccc1Nc1ccccc1. The summed E-state index contributed by atoms with van der Waals surface area (Å²) in [6.45, 7) is 0. The first-order valence-corrected chi connectivity index (χ1v) is 8.58. The van der Waals surface area contributed by atoms with E-state index in [9.17, 15) is 9.59 Å². The Labute approximate surface area is 160 Å². The van der Waals surface area contributed by atoms with Crippen LogP contribution in [0.2, 0.25) is 0 Å². The Kier molecular flexibility index (Phi) is 4.71. The fourth-order valence-electron chi connectivity index (χ4n) is 2.76. The van der Waals surface area contributed by atoms with Crippen LogP contribution in [0.25, 0.3) is 11.4 Å². The van der Waals surface area contributed by atoms with E-state index in [1.807, 2.05) is 48.5 Å². The summed E-state index contributed by atoms with van der Waals surface area (Å²) in [4.78, 5) is 26.5. The zero-order valence-corrected chi connectivity index (χ0v) is 14.7. The normalized spacial score (nSPS) is 10.4. The van der Waals surface area contributed by atoms with Gasteiger partial charge in [0.25, 0.3) is 5.91 Å². The molecule has 28 heavy (non-hydrogen) atoms. The lowest BCUT2D eigenvalue weighted by Gasteiger charge is -2.12. The summed E-state index contributed by atoms with van der Waals surface area (Å²) < 4.78 is 4.52. The van der Waals surface area contributed by atoms with Crippen molar-refractivity contribution in [2.75, 3.05) is 10.6 Å². The van der Waals surface area contributed by atoms with Gasteiger partial charge in [0.15, 0.2) is 5.82 Å². The number of amides is 1. The number of carbonyl (C=O) groups is 1. The molecule has 1 heterocycles. The second kappa shape index (κ2) is 7.63. The third-order valence-electron chi connectivity index (χ3n) is 4.06. The molecule has 7 nitrogen and oxygen atoms in total. The Morgan fingerprint density at radius 3 is 2.43 bits per heavy atom. The number of nitrogens with one attached hydrogen (secondary N) is 3. The summed E-state index contributed by atoms with van der Waals surface area (Å²) in [6.07, 6.45) is 0. The largest absolute Gasteiger partial charge is 0.439 e. The molecule has 4 aromatic rings. The van der Waals surface area contributed by atoms with Crippen molar-refractivity contribution in [3.8, 4) is 11.4 Å². The molecule has 0 saturated carbocycles. The molecule has 138 valence electrons. The maximum Gasteiger partial charge on any atom is 0.439 e. The number of hydrogen-bond donors (Lipinski definition) is 3. The minimum absolute atomic E-state index is 0.259. The number of rotatable bonds is 5. The smallest absolute Gasteiger partial charge is 0.355 e. The standard InChI is InChI=1S/C21H16N4O3/c26-20(17-11-4-5-12-18(17)22-15-8-2-1-3-9-15)23-16-10-6-7-14(13-16)19-24-21(27)28-25-19/h1-13,22H,(H,23,26)(H,24,25,27). The Morgan fingerprint density at radius 2 is 1.64 bits per heavy atom. The average Bonchev–Trinajstić information content (AvgIpc) is 3.16. The average molecular weight is 372 g/mol. The van der Waals surface area contributed by atoms with Crippen molar-refractivity contribution >= 4 is 23.0 Å². The van der Waals surface area contributed by atoms with E-state index in [0.29, 0.717) is 28.3 Å². The van der Waals surface area contributed by atoms with E-state index in [0.717, 1.165) is 5.69 Å². The van der Waals surface area contributed by atoms with E-state index < -0.39 is 5.76 Å². The molecule has 0 aliphatic rings. The number of carbonyl (C=O) groups excluding carboxylic acids is 1. The van der Waals surface area contributed by atoms with Crippen LogP contribution in [0.3, 0.4) is 0 Å². The Balaban J connectivity index is 1.57. The molecular weight excluding hydrogens is 356 g/mol. The molecule has 0 bridgehead atoms. The first-order chi connectivity index (χ1) is 13.7. The number of anilines is 3. The second-order valence-electron chi connectivity index (χ2n) is 6.02. The van der Waals surface area contributed by atoms with Crippen LogP contribution in [-0.2, 0) is 0 Å². The van der Waals surface area contributed by atoms with Crippen LogP contribution < -0.4 is 16.4 Å². The van der Waals surface area contributed by atoms with Gasteiger partial charge in [0, 0.05) is 16.9 Å². The number of nitrogens with zero attached hydrogens (tertiary/aromatic N) is 1. The predicted molar refractivity (Wildman–Crippen MR) is 107 cm³/mol. The Hall–Kier alpha value is -4.13. The Bertz CT molecular complexity index is 1170. The lowest BCUT2D eigenvalue weighted by Crippen LogP contribution is -2.13. The quantitative estimate of drug-likeness (QED) is 0.491. The van der Waals surface area contributed by atoms with Crippen LogP contribution in [0.1, 0.15) is 10.4 Å². The molecule has 0 aliphatic carbocycles. The molecule has 0 aliphatic heterocycles. The molecule has 3 N–H and O–H groups in total. The molecule has 0 radical (unpaired) electrons. The van der Waals surface area contributed by atoms with Crippen molar-refractivity contribution < 1.29 is 9.32 Å². The molecule has 0 saturated heterocycles. The van der Waals surface area contributed by atoms with Gasteiger partial charge in [-0.15, -0.1) is 0 Å². The van der Waals surface area contributed by atoms with Crippen molar-refractivity contribution in [2.45, 2.75) is 0 Å². The lowest BCUT2D eigenvalue weighted by atomic mass is 10.1.